The van der Waals surface area contributed by atoms with Crippen molar-refractivity contribution in [1.29, 1.82) is 0 Å². The van der Waals surface area contributed by atoms with Crippen LogP contribution in [0.5, 0.6) is 0 Å². The Hall–Kier alpha value is -2.11. The lowest BCUT2D eigenvalue weighted by atomic mass is 10.3. The summed E-state index contributed by atoms with van der Waals surface area (Å²) in [4.78, 5) is 22.6. The summed E-state index contributed by atoms with van der Waals surface area (Å²) in [7, 11) is 0. The van der Waals surface area contributed by atoms with Crippen molar-refractivity contribution in [2.45, 2.75) is 26.4 Å². The topological polar surface area (TPSA) is 67.4 Å². The molecule has 1 aromatic carbocycles. The molecule has 0 radical (unpaired) electrons. The summed E-state index contributed by atoms with van der Waals surface area (Å²) in [6.45, 7) is 3.69. The molecule has 0 saturated carbocycles. The molecule has 0 aromatic heterocycles. The molecule has 5 nitrogen and oxygen atoms in total. The zero-order valence-electron chi connectivity index (χ0n) is 10.9. The molecule has 1 rings (SSSR count). The zero-order chi connectivity index (χ0) is 14.3. The van der Waals surface area contributed by atoms with E-state index in [2.05, 4.69) is 10.6 Å². The predicted molar refractivity (Wildman–Crippen MR) is 69.3 cm³/mol. The molecular formula is C13H17FN2O3. The highest BCUT2D eigenvalue weighted by Gasteiger charge is 2.06. The van der Waals surface area contributed by atoms with Crippen LogP contribution in [0.3, 0.4) is 0 Å². The highest BCUT2D eigenvalue weighted by Crippen LogP contribution is 2.07. The number of carbonyl (C=O) groups is 2. The van der Waals surface area contributed by atoms with E-state index in [1.54, 1.807) is 13.8 Å². The molecule has 0 fully saturated rings. The Bertz CT molecular complexity index is 432. The first-order valence-corrected chi connectivity index (χ1v) is 5.97. The van der Waals surface area contributed by atoms with Gasteiger partial charge in [0.05, 0.1) is 12.5 Å². The van der Waals surface area contributed by atoms with Crippen LogP contribution in [0.25, 0.3) is 0 Å². The first kappa shape index (κ1) is 14.9. The summed E-state index contributed by atoms with van der Waals surface area (Å²) >= 11 is 0. The lowest BCUT2D eigenvalue weighted by molar-refractivity contribution is -0.147. The molecule has 0 bridgehead atoms. The molecule has 0 aliphatic heterocycles. The van der Waals surface area contributed by atoms with E-state index in [9.17, 15) is 14.0 Å². The van der Waals surface area contributed by atoms with Crippen molar-refractivity contribution in [3.8, 4) is 0 Å². The fourth-order valence-electron chi connectivity index (χ4n) is 1.31. The fraction of sp³-hybridized carbons (Fsp3) is 0.385. The number of carbonyl (C=O) groups excluding carboxylic acids is 2. The molecule has 0 atom stereocenters. The van der Waals surface area contributed by atoms with Gasteiger partial charge in [-0.15, -0.1) is 0 Å². The van der Waals surface area contributed by atoms with Crippen LogP contribution in [0.2, 0.25) is 0 Å². The maximum atomic E-state index is 12.6. The Balaban J connectivity index is 2.25. The summed E-state index contributed by atoms with van der Waals surface area (Å²) < 4.78 is 17.6. The molecule has 19 heavy (non-hydrogen) atoms. The summed E-state index contributed by atoms with van der Waals surface area (Å²) in [5.74, 6) is -0.737. The highest BCUT2D eigenvalue weighted by atomic mass is 19.1. The maximum Gasteiger partial charge on any atom is 0.319 e. The second-order valence-electron chi connectivity index (χ2n) is 4.18. The van der Waals surface area contributed by atoms with Crippen LogP contribution in [0.4, 0.5) is 14.9 Å². The van der Waals surface area contributed by atoms with Gasteiger partial charge in [0.1, 0.15) is 5.82 Å². The van der Waals surface area contributed by atoms with E-state index in [1.807, 2.05) is 0 Å². The number of halogens is 1. The number of hydrogen-bond donors (Lipinski definition) is 2. The number of amides is 2. The van der Waals surface area contributed by atoms with Crippen LogP contribution >= 0.6 is 0 Å². The number of ether oxygens (including phenoxy) is 1. The van der Waals surface area contributed by atoms with Gasteiger partial charge in [-0.3, -0.25) is 4.79 Å². The van der Waals surface area contributed by atoms with Crippen LogP contribution in [-0.4, -0.2) is 24.6 Å². The van der Waals surface area contributed by atoms with Crippen LogP contribution < -0.4 is 10.6 Å². The molecule has 6 heteroatoms. The van der Waals surface area contributed by atoms with E-state index in [0.29, 0.717) is 5.69 Å². The van der Waals surface area contributed by atoms with E-state index in [0.717, 1.165) is 0 Å². The normalized spacial score (nSPS) is 10.1. The van der Waals surface area contributed by atoms with Crippen LogP contribution in [0.15, 0.2) is 24.3 Å². The maximum absolute atomic E-state index is 12.6. The number of urea groups is 1. The Labute approximate surface area is 111 Å². The average Bonchev–Trinajstić information content (AvgIpc) is 2.31. The number of nitrogens with one attached hydrogen (secondary N) is 2. The third-order valence-corrected chi connectivity index (χ3v) is 2.08. The number of esters is 1. The van der Waals surface area contributed by atoms with Crippen molar-refractivity contribution < 1.29 is 18.7 Å². The Morgan fingerprint density at radius 3 is 2.47 bits per heavy atom. The SMILES string of the molecule is CC(C)OC(=O)CCNC(=O)Nc1ccc(F)cc1. The standard InChI is InChI=1S/C13H17FN2O3/c1-9(2)19-12(17)7-8-15-13(18)16-11-5-3-10(14)4-6-11/h3-6,9H,7-8H2,1-2H3,(H2,15,16,18). The van der Waals surface area contributed by atoms with E-state index in [4.69, 9.17) is 4.74 Å². The molecule has 0 heterocycles. The van der Waals surface area contributed by atoms with Crippen LogP contribution in [0.1, 0.15) is 20.3 Å². The van der Waals surface area contributed by atoms with Gasteiger partial charge in [-0.25, -0.2) is 9.18 Å². The summed E-state index contributed by atoms with van der Waals surface area (Å²) in [5.41, 5.74) is 0.476. The second-order valence-corrected chi connectivity index (χ2v) is 4.18. The molecule has 2 N–H and O–H groups in total. The van der Waals surface area contributed by atoms with Gasteiger partial charge in [-0.05, 0) is 38.1 Å². The van der Waals surface area contributed by atoms with Crippen molar-refractivity contribution in [2.75, 3.05) is 11.9 Å². The van der Waals surface area contributed by atoms with Gasteiger partial charge in [0.25, 0.3) is 0 Å². The molecule has 0 unspecified atom stereocenters. The van der Waals surface area contributed by atoms with Crippen molar-refractivity contribution in [3.63, 3.8) is 0 Å². The number of benzene rings is 1. The Morgan fingerprint density at radius 2 is 1.89 bits per heavy atom. The van der Waals surface area contributed by atoms with Crippen molar-refractivity contribution in [2.24, 2.45) is 0 Å². The predicted octanol–water partition coefficient (Wildman–Crippen LogP) is 2.29. The van der Waals surface area contributed by atoms with E-state index in [-0.39, 0.29) is 30.9 Å². The van der Waals surface area contributed by atoms with E-state index >= 15 is 0 Å². The minimum Gasteiger partial charge on any atom is -0.463 e. The fourth-order valence-corrected chi connectivity index (χ4v) is 1.31. The van der Waals surface area contributed by atoms with Gasteiger partial charge >= 0.3 is 12.0 Å². The van der Waals surface area contributed by atoms with Crippen molar-refractivity contribution >= 4 is 17.7 Å². The van der Waals surface area contributed by atoms with E-state index < -0.39 is 6.03 Å². The number of anilines is 1. The zero-order valence-corrected chi connectivity index (χ0v) is 10.9. The number of rotatable bonds is 5. The molecule has 1 aromatic rings. The molecule has 0 spiro atoms. The Kier molecular flexibility index (Phi) is 5.78. The largest absolute Gasteiger partial charge is 0.463 e. The lowest BCUT2D eigenvalue weighted by Gasteiger charge is -2.09. The summed E-state index contributed by atoms with van der Waals surface area (Å²) in [6.07, 6.45) is -0.0600. The van der Waals surface area contributed by atoms with E-state index in [1.165, 1.54) is 24.3 Å². The van der Waals surface area contributed by atoms with Gasteiger partial charge < -0.3 is 15.4 Å². The molecule has 0 aliphatic rings. The average molecular weight is 268 g/mol. The first-order chi connectivity index (χ1) is 8.97. The van der Waals surface area contributed by atoms with Crippen LogP contribution in [0, 0.1) is 5.82 Å². The van der Waals surface area contributed by atoms with Crippen molar-refractivity contribution in [1.82, 2.24) is 5.32 Å². The molecule has 0 saturated heterocycles. The van der Waals surface area contributed by atoms with Gasteiger partial charge in [-0.2, -0.15) is 0 Å². The molecule has 104 valence electrons. The lowest BCUT2D eigenvalue weighted by Crippen LogP contribution is -2.31. The van der Waals surface area contributed by atoms with Gasteiger partial charge in [-0.1, -0.05) is 0 Å². The highest BCUT2D eigenvalue weighted by molar-refractivity contribution is 5.89. The first-order valence-electron chi connectivity index (χ1n) is 5.97. The van der Waals surface area contributed by atoms with Gasteiger partial charge in [0.2, 0.25) is 0 Å². The Morgan fingerprint density at radius 1 is 1.26 bits per heavy atom. The quantitative estimate of drug-likeness (QED) is 0.805. The molecule has 2 amide bonds. The number of hydrogen-bond acceptors (Lipinski definition) is 3. The van der Waals surface area contributed by atoms with Crippen molar-refractivity contribution in [3.05, 3.63) is 30.1 Å². The smallest absolute Gasteiger partial charge is 0.319 e. The second kappa shape index (κ2) is 7.35. The minimum absolute atomic E-state index is 0.106. The molecule has 0 aliphatic carbocycles. The van der Waals surface area contributed by atoms with Crippen LogP contribution in [-0.2, 0) is 9.53 Å². The summed E-state index contributed by atoms with van der Waals surface area (Å²) in [5, 5.41) is 5.02. The minimum atomic E-state index is -0.455. The monoisotopic (exact) mass is 268 g/mol. The van der Waals surface area contributed by atoms with Gasteiger partial charge in [0.15, 0.2) is 0 Å². The third kappa shape index (κ3) is 6.40. The summed E-state index contributed by atoms with van der Waals surface area (Å²) in [6, 6.07) is 4.93. The third-order valence-electron chi connectivity index (χ3n) is 2.08. The van der Waals surface area contributed by atoms with Gasteiger partial charge in [0, 0.05) is 12.2 Å². The molecular weight excluding hydrogens is 251 g/mol.